The van der Waals surface area contributed by atoms with Crippen molar-refractivity contribution in [3.05, 3.63) is 76.3 Å². The van der Waals surface area contributed by atoms with Gasteiger partial charge in [-0.25, -0.2) is 4.98 Å². The molecule has 1 N–H and O–H groups in total. The molecule has 164 valence electrons. The first-order valence-electron chi connectivity index (χ1n) is 10.7. The predicted molar refractivity (Wildman–Crippen MR) is 129 cm³/mol. The minimum atomic E-state index is -0.242. The van der Waals surface area contributed by atoms with Crippen molar-refractivity contribution in [1.82, 2.24) is 4.98 Å². The van der Waals surface area contributed by atoms with Gasteiger partial charge in [0.1, 0.15) is 23.3 Å². The number of ether oxygens (including phenoxy) is 2. The van der Waals surface area contributed by atoms with Gasteiger partial charge in [-0.05, 0) is 85.8 Å². The Kier molecular flexibility index (Phi) is 5.45. The number of nitrogens with zero attached hydrogens (tertiary/aromatic N) is 2. The summed E-state index contributed by atoms with van der Waals surface area (Å²) in [6, 6.07) is 16.7. The molecule has 5 rings (SSSR count). The number of aryl methyl sites for hydroxylation is 3. The molecule has 3 aromatic carbocycles. The van der Waals surface area contributed by atoms with Crippen LogP contribution in [0.5, 0.6) is 17.2 Å². The van der Waals surface area contributed by atoms with Gasteiger partial charge >= 0.3 is 0 Å². The number of nitriles is 1. The standard InChI is InChI=1S/C26H21N3O3S/c1-15-10-21-24(11-16(15)2)33-26(28-21)29-25(30)17-5-7-20(8-6-17)32-23-13-22-18(4-3-9-31-22)12-19(23)14-27/h5-8,10-13H,3-4,9H2,1-2H3,(H,28,29,30). The molecule has 0 saturated carbocycles. The lowest BCUT2D eigenvalue weighted by Gasteiger charge is -2.19. The number of hydrogen-bond acceptors (Lipinski definition) is 6. The molecule has 1 aromatic heterocycles. The maximum absolute atomic E-state index is 12.7. The van der Waals surface area contributed by atoms with Crippen molar-refractivity contribution >= 4 is 32.6 Å². The van der Waals surface area contributed by atoms with Crippen LogP contribution in [0.15, 0.2) is 48.5 Å². The first-order chi connectivity index (χ1) is 16.0. The molecule has 7 heteroatoms. The highest BCUT2D eigenvalue weighted by atomic mass is 32.1. The summed E-state index contributed by atoms with van der Waals surface area (Å²) < 4.78 is 12.7. The summed E-state index contributed by atoms with van der Waals surface area (Å²) >= 11 is 1.45. The van der Waals surface area contributed by atoms with Gasteiger partial charge in [0.05, 0.1) is 22.4 Å². The zero-order chi connectivity index (χ0) is 22.9. The summed E-state index contributed by atoms with van der Waals surface area (Å²) in [4.78, 5) is 17.2. The van der Waals surface area contributed by atoms with Gasteiger partial charge in [0.2, 0.25) is 0 Å². The third kappa shape index (κ3) is 4.26. The largest absolute Gasteiger partial charge is 0.493 e. The third-order valence-electron chi connectivity index (χ3n) is 5.70. The van der Waals surface area contributed by atoms with E-state index < -0.39 is 0 Å². The number of rotatable bonds is 4. The fourth-order valence-electron chi connectivity index (χ4n) is 3.76. The number of aromatic nitrogens is 1. The van der Waals surface area contributed by atoms with Gasteiger partial charge in [-0.15, -0.1) is 0 Å². The van der Waals surface area contributed by atoms with Crippen LogP contribution in [0.25, 0.3) is 10.2 Å². The molecular weight excluding hydrogens is 434 g/mol. The molecule has 1 amide bonds. The summed E-state index contributed by atoms with van der Waals surface area (Å²) in [5.74, 6) is 1.49. The molecule has 0 unspecified atom stereocenters. The van der Waals surface area contributed by atoms with Gasteiger partial charge in [-0.1, -0.05) is 11.3 Å². The number of fused-ring (bicyclic) bond motifs is 2. The second-order valence-corrected chi connectivity index (χ2v) is 9.05. The van der Waals surface area contributed by atoms with Crippen LogP contribution in [-0.4, -0.2) is 17.5 Å². The minimum Gasteiger partial charge on any atom is -0.493 e. The van der Waals surface area contributed by atoms with Gasteiger partial charge in [-0.2, -0.15) is 5.26 Å². The van der Waals surface area contributed by atoms with Crippen LogP contribution in [-0.2, 0) is 6.42 Å². The van der Waals surface area contributed by atoms with Crippen LogP contribution in [0.4, 0.5) is 5.13 Å². The van der Waals surface area contributed by atoms with E-state index in [9.17, 15) is 10.1 Å². The number of carbonyl (C=O) groups is 1. The number of benzene rings is 3. The highest BCUT2D eigenvalue weighted by molar-refractivity contribution is 7.22. The molecule has 6 nitrogen and oxygen atoms in total. The monoisotopic (exact) mass is 455 g/mol. The highest BCUT2D eigenvalue weighted by Crippen LogP contribution is 2.35. The Labute approximate surface area is 195 Å². The Hall–Kier alpha value is -3.89. The summed E-state index contributed by atoms with van der Waals surface area (Å²) in [5.41, 5.74) is 5.23. The Bertz CT molecular complexity index is 1380. The van der Waals surface area contributed by atoms with E-state index >= 15 is 0 Å². The van der Waals surface area contributed by atoms with E-state index in [2.05, 4.69) is 29.4 Å². The van der Waals surface area contributed by atoms with E-state index in [1.807, 2.05) is 19.1 Å². The zero-order valence-corrected chi connectivity index (χ0v) is 19.1. The molecule has 2 heterocycles. The molecule has 0 aliphatic carbocycles. The lowest BCUT2D eigenvalue weighted by molar-refractivity contribution is 0.102. The van der Waals surface area contributed by atoms with E-state index in [1.165, 1.54) is 22.5 Å². The van der Waals surface area contributed by atoms with Gasteiger partial charge in [0.15, 0.2) is 5.13 Å². The van der Waals surface area contributed by atoms with E-state index in [4.69, 9.17) is 9.47 Å². The predicted octanol–water partition coefficient (Wildman–Crippen LogP) is 6.15. The molecule has 0 atom stereocenters. The van der Waals surface area contributed by atoms with Crippen LogP contribution < -0.4 is 14.8 Å². The van der Waals surface area contributed by atoms with Crippen LogP contribution in [0.1, 0.15) is 39.0 Å². The van der Waals surface area contributed by atoms with Crippen LogP contribution in [0.3, 0.4) is 0 Å². The molecule has 1 aliphatic heterocycles. The molecule has 0 fully saturated rings. The average molecular weight is 456 g/mol. The maximum atomic E-state index is 12.7. The Morgan fingerprint density at radius 1 is 1.15 bits per heavy atom. The lowest BCUT2D eigenvalue weighted by atomic mass is 10.0. The number of thiazole rings is 1. The number of nitrogens with one attached hydrogen (secondary N) is 1. The molecular formula is C26H21N3O3S. The zero-order valence-electron chi connectivity index (χ0n) is 18.3. The number of hydrogen-bond donors (Lipinski definition) is 1. The first-order valence-corrected chi connectivity index (χ1v) is 11.5. The van der Waals surface area contributed by atoms with Crippen LogP contribution in [0.2, 0.25) is 0 Å². The van der Waals surface area contributed by atoms with E-state index in [1.54, 1.807) is 30.3 Å². The van der Waals surface area contributed by atoms with Crippen LogP contribution in [0, 0.1) is 25.2 Å². The van der Waals surface area contributed by atoms with Crippen molar-refractivity contribution < 1.29 is 14.3 Å². The molecule has 0 bridgehead atoms. The third-order valence-corrected chi connectivity index (χ3v) is 6.63. The number of anilines is 1. The molecule has 4 aromatic rings. The van der Waals surface area contributed by atoms with Gasteiger partial charge in [0.25, 0.3) is 5.91 Å². The van der Waals surface area contributed by atoms with Crippen molar-refractivity contribution in [2.24, 2.45) is 0 Å². The SMILES string of the molecule is Cc1cc2nc(NC(=O)c3ccc(Oc4cc5c(cc4C#N)CCCO5)cc3)sc2cc1C. The molecule has 1 aliphatic rings. The van der Waals surface area contributed by atoms with E-state index in [0.717, 1.165) is 34.4 Å². The summed E-state index contributed by atoms with van der Waals surface area (Å²) in [6.07, 6.45) is 1.83. The minimum absolute atomic E-state index is 0.242. The van der Waals surface area contributed by atoms with Crippen molar-refractivity contribution in [3.8, 4) is 23.3 Å². The Balaban J connectivity index is 1.32. The average Bonchev–Trinajstić information content (AvgIpc) is 3.20. The fourth-order valence-corrected chi connectivity index (χ4v) is 4.70. The van der Waals surface area contributed by atoms with Crippen LogP contribution >= 0.6 is 11.3 Å². The smallest absolute Gasteiger partial charge is 0.257 e. The Morgan fingerprint density at radius 2 is 1.94 bits per heavy atom. The second-order valence-electron chi connectivity index (χ2n) is 8.02. The Morgan fingerprint density at radius 3 is 2.73 bits per heavy atom. The lowest BCUT2D eigenvalue weighted by Crippen LogP contribution is -2.11. The summed E-state index contributed by atoms with van der Waals surface area (Å²) in [5, 5.41) is 12.9. The maximum Gasteiger partial charge on any atom is 0.257 e. The first kappa shape index (κ1) is 21.0. The molecule has 0 spiro atoms. The van der Waals surface area contributed by atoms with Gasteiger partial charge < -0.3 is 9.47 Å². The molecule has 0 saturated heterocycles. The number of amides is 1. The normalized spacial score (nSPS) is 12.5. The number of carbonyl (C=O) groups excluding carboxylic acids is 1. The van der Waals surface area contributed by atoms with E-state index in [0.29, 0.717) is 34.4 Å². The fraction of sp³-hybridized carbons (Fsp3) is 0.192. The highest BCUT2D eigenvalue weighted by Gasteiger charge is 2.16. The van der Waals surface area contributed by atoms with Gasteiger partial charge in [0, 0.05) is 11.6 Å². The molecule has 0 radical (unpaired) electrons. The van der Waals surface area contributed by atoms with Crippen molar-refractivity contribution in [3.63, 3.8) is 0 Å². The summed E-state index contributed by atoms with van der Waals surface area (Å²) in [7, 11) is 0. The summed E-state index contributed by atoms with van der Waals surface area (Å²) in [6.45, 7) is 4.77. The van der Waals surface area contributed by atoms with Crippen molar-refractivity contribution in [2.75, 3.05) is 11.9 Å². The van der Waals surface area contributed by atoms with Gasteiger partial charge in [-0.3, -0.25) is 10.1 Å². The second kappa shape index (κ2) is 8.57. The van der Waals surface area contributed by atoms with Crippen molar-refractivity contribution in [2.45, 2.75) is 26.7 Å². The topological polar surface area (TPSA) is 84.2 Å². The van der Waals surface area contributed by atoms with E-state index in [-0.39, 0.29) is 5.91 Å². The molecule has 33 heavy (non-hydrogen) atoms. The quantitative estimate of drug-likeness (QED) is 0.399. The van der Waals surface area contributed by atoms with Crippen molar-refractivity contribution in [1.29, 1.82) is 5.26 Å².